The molecule has 0 spiro atoms. The number of rotatable bonds is 2. The van der Waals surface area contributed by atoms with Crippen LogP contribution in [0.1, 0.15) is 32.4 Å². The van der Waals surface area contributed by atoms with Crippen LogP contribution in [0, 0.1) is 6.92 Å². The zero-order valence-electron chi connectivity index (χ0n) is 17.5. The Morgan fingerprint density at radius 2 is 1.59 bits per heavy atom. The molecule has 0 aliphatic carbocycles. The SMILES string of the molecule is CC(=O)N1CCN(C(=O)Nc2ccc3c(c2C)c2ccccc2n3C(C)C)CC1. The molecule has 152 valence electrons. The van der Waals surface area contributed by atoms with E-state index >= 15 is 0 Å². The van der Waals surface area contributed by atoms with Gasteiger partial charge in [0.15, 0.2) is 0 Å². The maximum Gasteiger partial charge on any atom is 0.321 e. The molecule has 1 saturated heterocycles. The first-order valence-electron chi connectivity index (χ1n) is 10.2. The normalized spacial score (nSPS) is 14.8. The Morgan fingerprint density at radius 3 is 2.24 bits per heavy atom. The molecule has 0 bridgehead atoms. The molecule has 3 amide bonds. The highest BCUT2D eigenvalue weighted by molar-refractivity contribution is 6.12. The smallest absolute Gasteiger partial charge is 0.321 e. The van der Waals surface area contributed by atoms with Crippen molar-refractivity contribution in [2.75, 3.05) is 31.5 Å². The average molecular weight is 393 g/mol. The minimum absolute atomic E-state index is 0.0629. The maximum atomic E-state index is 12.8. The molecule has 0 radical (unpaired) electrons. The van der Waals surface area contributed by atoms with E-state index in [4.69, 9.17) is 0 Å². The van der Waals surface area contributed by atoms with Crippen LogP contribution in [0.4, 0.5) is 10.5 Å². The van der Waals surface area contributed by atoms with Crippen molar-refractivity contribution < 1.29 is 9.59 Å². The van der Waals surface area contributed by atoms with Gasteiger partial charge in [0.2, 0.25) is 5.91 Å². The van der Waals surface area contributed by atoms with E-state index in [0.29, 0.717) is 32.2 Å². The Hall–Kier alpha value is -3.02. The quantitative estimate of drug-likeness (QED) is 0.704. The van der Waals surface area contributed by atoms with Gasteiger partial charge in [-0.25, -0.2) is 4.79 Å². The van der Waals surface area contributed by atoms with Crippen molar-refractivity contribution in [1.82, 2.24) is 14.4 Å². The Bertz CT molecular complexity index is 1090. The Morgan fingerprint density at radius 1 is 0.931 bits per heavy atom. The lowest BCUT2D eigenvalue weighted by Gasteiger charge is -2.34. The number of hydrogen-bond acceptors (Lipinski definition) is 2. The Balaban J connectivity index is 1.66. The third kappa shape index (κ3) is 3.33. The van der Waals surface area contributed by atoms with Crippen molar-refractivity contribution in [2.24, 2.45) is 0 Å². The number of para-hydroxylation sites is 1. The standard InChI is InChI=1S/C23H28N4O2/c1-15(2)27-20-8-6-5-7-18(20)22-16(3)19(9-10-21(22)27)24-23(29)26-13-11-25(12-14-26)17(4)28/h5-10,15H,11-14H2,1-4H3,(H,24,29). The molecule has 2 heterocycles. The summed E-state index contributed by atoms with van der Waals surface area (Å²) in [5.74, 6) is 0.0629. The van der Waals surface area contributed by atoms with E-state index < -0.39 is 0 Å². The fourth-order valence-electron chi connectivity index (χ4n) is 4.37. The zero-order valence-corrected chi connectivity index (χ0v) is 17.5. The fourth-order valence-corrected chi connectivity index (χ4v) is 4.37. The van der Waals surface area contributed by atoms with Gasteiger partial charge >= 0.3 is 6.03 Å². The number of urea groups is 1. The van der Waals surface area contributed by atoms with Crippen LogP contribution in [0.25, 0.3) is 21.8 Å². The lowest BCUT2D eigenvalue weighted by atomic mass is 10.1. The Kier molecular flexibility index (Phi) is 4.94. The van der Waals surface area contributed by atoms with Gasteiger partial charge in [-0.3, -0.25) is 4.79 Å². The second-order valence-corrected chi connectivity index (χ2v) is 8.04. The lowest BCUT2D eigenvalue weighted by Crippen LogP contribution is -2.51. The second-order valence-electron chi connectivity index (χ2n) is 8.04. The second kappa shape index (κ2) is 7.43. The highest BCUT2D eigenvalue weighted by atomic mass is 16.2. The summed E-state index contributed by atoms with van der Waals surface area (Å²) < 4.78 is 2.35. The van der Waals surface area contributed by atoms with Gasteiger partial charge in [0.1, 0.15) is 0 Å². The van der Waals surface area contributed by atoms with Gasteiger partial charge in [-0.15, -0.1) is 0 Å². The molecule has 1 aromatic heterocycles. The minimum atomic E-state index is -0.108. The molecule has 1 aliphatic rings. The van der Waals surface area contributed by atoms with Crippen molar-refractivity contribution in [3.63, 3.8) is 0 Å². The molecular formula is C23H28N4O2. The molecule has 0 saturated carbocycles. The van der Waals surface area contributed by atoms with Crippen LogP contribution in [0.5, 0.6) is 0 Å². The number of aryl methyl sites for hydroxylation is 1. The van der Waals surface area contributed by atoms with Crippen LogP contribution in [-0.4, -0.2) is 52.5 Å². The summed E-state index contributed by atoms with van der Waals surface area (Å²) in [6.07, 6.45) is 0. The number of hydrogen-bond donors (Lipinski definition) is 1. The number of aromatic nitrogens is 1. The van der Waals surface area contributed by atoms with Crippen LogP contribution in [0.3, 0.4) is 0 Å². The number of nitrogens with zero attached hydrogens (tertiary/aromatic N) is 3. The number of carbonyl (C=O) groups is 2. The first kappa shape index (κ1) is 19.3. The number of nitrogens with one attached hydrogen (secondary N) is 1. The predicted octanol–water partition coefficient (Wildman–Crippen LogP) is 4.38. The van der Waals surface area contributed by atoms with Gasteiger partial charge < -0.3 is 19.7 Å². The minimum Gasteiger partial charge on any atom is -0.339 e. The number of benzene rings is 2. The van der Waals surface area contributed by atoms with Crippen LogP contribution in [0.2, 0.25) is 0 Å². The topological polar surface area (TPSA) is 57.6 Å². The fraction of sp³-hybridized carbons (Fsp3) is 0.391. The van der Waals surface area contributed by atoms with Crippen molar-refractivity contribution >= 4 is 39.4 Å². The van der Waals surface area contributed by atoms with E-state index in [2.05, 4.69) is 61.0 Å². The first-order chi connectivity index (χ1) is 13.9. The average Bonchev–Trinajstić information content (AvgIpc) is 3.05. The van der Waals surface area contributed by atoms with Crippen LogP contribution < -0.4 is 5.32 Å². The molecule has 1 fully saturated rings. The number of carbonyl (C=O) groups excluding carboxylic acids is 2. The van der Waals surface area contributed by atoms with E-state index in [1.807, 2.05) is 6.07 Å². The monoisotopic (exact) mass is 392 g/mol. The lowest BCUT2D eigenvalue weighted by molar-refractivity contribution is -0.130. The van der Waals surface area contributed by atoms with E-state index in [9.17, 15) is 9.59 Å². The van der Waals surface area contributed by atoms with Gasteiger partial charge in [-0.2, -0.15) is 0 Å². The molecular weight excluding hydrogens is 364 g/mol. The number of anilines is 1. The first-order valence-corrected chi connectivity index (χ1v) is 10.2. The van der Waals surface area contributed by atoms with E-state index in [0.717, 1.165) is 11.3 Å². The molecule has 0 unspecified atom stereocenters. The van der Waals surface area contributed by atoms with E-state index in [1.165, 1.54) is 21.8 Å². The van der Waals surface area contributed by atoms with Crippen molar-refractivity contribution in [1.29, 1.82) is 0 Å². The largest absolute Gasteiger partial charge is 0.339 e. The third-order valence-electron chi connectivity index (χ3n) is 5.91. The third-order valence-corrected chi connectivity index (χ3v) is 5.91. The predicted molar refractivity (Wildman–Crippen MR) is 117 cm³/mol. The summed E-state index contributed by atoms with van der Waals surface area (Å²) in [5, 5.41) is 5.49. The molecule has 6 heteroatoms. The van der Waals surface area contributed by atoms with Crippen molar-refractivity contribution in [3.8, 4) is 0 Å². The summed E-state index contributed by atoms with van der Waals surface area (Å²) in [6.45, 7) is 10.3. The molecule has 6 nitrogen and oxygen atoms in total. The highest BCUT2D eigenvalue weighted by Gasteiger charge is 2.23. The highest BCUT2D eigenvalue weighted by Crippen LogP contribution is 2.36. The summed E-state index contributed by atoms with van der Waals surface area (Å²) in [6, 6.07) is 12.8. The van der Waals surface area contributed by atoms with Crippen LogP contribution in [-0.2, 0) is 4.79 Å². The molecule has 29 heavy (non-hydrogen) atoms. The molecule has 4 rings (SSSR count). The summed E-state index contributed by atoms with van der Waals surface area (Å²) in [4.78, 5) is 27.9. The number of amides is 3. The molecule has 3 aromatic rings. The molecule has 0 atom stereocenters. The number of fused-ring (bicyclic) bond motifs is 3. The Labute approximate surface area is 171 Å². The number of piperazine rings is 1. The summed E-state index contributed by atoms with van der Waals surface area (Å²) in [7, 11) is 0. The van der Waals surface area contributed by atoms with E-state index in [1.54, 1.807) is 16.7 Å². The molecule has 1 N–H and O–H groups in total. The van der Waals surface area contributed by atoms with E-state index in [-0.39, 0.29) is 11.9 Å². The summed E-state index contributed by atoms with van der Waals surface area (Å²) >= 11 is 0. The maximum absolute atomic E-state index is 12.8. The molecule has 1 aliphatic heterocycles. The van der Waals surface area contributed by atoms with Gasteiger partial charge in [-0.05, 0) is 44.5 Å². The zero-order chi connectivity index (χ0) is 20.7. The van der Waals surface area contributed by atoms with Gasteiger partial charge in [0.05, 0.1) is 0 Å². The van der Waals surface area contributed by atoms with Gasteiger partial charge in [-0.1, -0.05) is 18.2 Å². The van der Waals surface area contributed by atoms with Gasteiger partial charge in [0.25, 0.3) is 0 Å². The van der Waals surface area contributed by atoms with Crippen molar-refractivity contribution in [3.05, 3.63) is 42.0 Å². The molecule has 2 aromatic carbocycles. The van der Waals surface area contributed by atoms with Gasteiger partial charge in [0, 0.05) is 66.6 Å². The van der Waals surface area contributed by atoms with Crippen LogP contribution >= 0.6 is 0 Å². The summed E-state index contributed by atoms with van der Waals surface area (Å²) in [5.41, 5.74) is 4.31. The van der Waals surface area contributed by atoms with Crippen molar-refractivity contribution in [2.45, 2.75) is 33.7 Å². The van der Waals surface area contributed by atoms with Crippen LogP contribution in [0.15, 0.2) is 36.4 Å².